The maximum Gasteiger partial charge on any atom is 0.338 e. The smallest absolute Gasteiger partial charge is 0.338 e. The van der Waals surface area contributed by atoms with E-state index < -0.39 is 12.0 Å². The summed E-state index contributed by atoms with van der Waals surface area (Å²) in [6.07, 6.45) is 3.55. The fraction of sp³-hybridized carbons (Fsp3) is 0.238. The number of carbonyl (C=O) groups is 1. The third-order valence-corrected chi connectivity index (χ3v) is 6.09. The Labute approximate surface area is 170 Å². The van der Waals surface area contributed by atoms with Gasteiger partial charge in [0, 0.05) is 18.3 Å². The summed E-state index contributed by atoms with van der Waals surface area (Å²) in [4.78, 5) is 31.0. The van der Waals surface area contributed by atoms with Crippen molar-refractivity contribution in [2.24, 2.45) is 12.0 Å². The van der Waals surface area contributed by atoms with E-state index >= 15 is 0 Å². The van der Waals surface area contributed by atoms with Crippen LogP contribution in [0.1, 0.15) is 29.8 Å². The van der Waals surface area contributed by atoms with Gasteiger partial charge in [-0.25, -0.2) is 9.79 Å². The van der Waals surface area contributed by atoms with Gasteiger partial charge >= 0.3 is 5.97 Å². The quantitative estimate of drug-likeness (QED) is 0.615. The van der Waals surface area contributed by atoms with E-state index in [1.807, 2.05) is 50.4 Å². The molecule has 0 aliphatic carbocycles. The Bertz CT molecular complexity index is 1310. The Morgan fingerprint density at radius 1 is 1.24 bits per heavy atom. The molecule has 4 rings (SSSR count). The van der Waals surface area contributed by atoms with Gasteiger partial charge in [-0.2, -0.15) is 5.10 Å². The zero-order valence-electron chi connectivity index (χ0n) is 16.5. The van der Waals surface area contributed by atoms with Crippen molar-refractivity contribution in [1.29, 1.82) is 0 Å². The number of hydrogen-bond acceptors (Lipinski definition) is 6. The van der Waals surface area contributed by atoms with E-state index in [9.17, 15) is 9.59 Å². The number of rotatable bonds is 3. The van der Waals surface area contributed by atoms with Gasteiger partial charge in [0.05, 0.1) is 35.2 Å². The molecule has 7 nitrogen and oxygen atoms in total. The van der Waals surface area contributed by atoms with Crippen LogP contribution in [-0.2, 0) is 16.6 Å². The molecular weight excluding hydrogens is 388 g/mol. The van der Waals surface area contributed by atoms with Crippen molar-refractivity contribution in [1.82, 2.24) is 14.3 Å². The van der Waals surface area contributed by atoms with Crippen LogP contribution in [0.3, 0.4) is 0 Å². The standard InChI is InChI=1S/C21H20N4O3S/c1-12-17(20(27)28-4)18(14-8-6-5-7-9-14)25-19(26)16(29-21(25)23-12)10-15-11-22-24(3)13(15)2/h5-11,18H,1-4H3/b16-10+. The van der Waals surface area contributed by atoms with Crippen LogP contribution >= 0.6 is 11.3 Å². The number of methoxy groups -OCH3 is 1. The SMILES string of the molecule is COC(=O)C1=C(C)N=c2s/c(=C/c3cnn(C)c3C)c(=O)n2C1c1ccccc1. The molecule has 148 valence electrons. The topological polar surface area (TPSA) is 78.5 Å². The average molecular weight is 408 g/mol. The summed E-state index contributed by atoms with van der Waals surface area (Å²) in [7, 11) is 3.19. The summed E-state index contributed by atoms with van der Waals surface area (Å²) in [5.41, 5.74) is 3.39. The second-order valence-corrected chi connectivity index (χ2v) is 7.80. The monoisotopic (exact) mass is 408 g/mol. The summed E-state index contributed by atoms with van der Waals surface area (Å²) >= 11 is 1.30. The zero-order valence-corrected chi connectivity index (χ0v) is 17.4. The molecule has 0 spiro atoms. The van der Waals surface area contributed by atoms with Crippen LogP contribution < -0.4 is 14.9 Å². The first kappa shape index (κ1) is 19.1. The summed E-state index contributed by atoms with van der Waals surface area (Å²) in [6.45, 7) is 3.72. The Morgan fingerprint density at radius 2 is 1.97 bits per heavy atom. The van der Waals surface area contributed by atoms with Crippen LogP contribution in [0.5, 0.6) is 0 Å². The van der Waals surface area contributed by atoms with Gasteiger partial charge in [-0.1, -0.05) is 41.7 Å². The largest absolute Gasteiger partial charge is 0.466 e. The molecule has 0 radical (unpaired) electrons. The van der Waals surface area contributed by atoms with Crippen LogP contribution in [0, 0.1) is 6.92 Å². The number of carbonyl (C=O) groups excluding carboxylic acids is 1. The highest BCUT2D eigenvalue weighted by atomic mass is 32.1. The lowest BCUT2D eigenvalue weighted by atomic mass is 9.96. The highest BCUT2D eigenvalue weighted by molar-refractivity contribution is 7.07. The van der Waals surface area contributed by atoms with Crippen molar-refractivity contribution in [3.05, 3.63) is 84.3 Å². The van der Waals surface area contributed by atoms with Crippen LogP contribution in [0.4, 0.5) is 0 Å². The molecule has 1 aliphatic rings. The number of aryl methyl sites for hydroxylation is 1. The normalized spacial score (nSPS) is 16.6. The van der Waals surface area contributed by atoms with Crippen molar-refractivity contribution < 1.29 is 9.53 Å². The number of aromatic nitrogens is 3. The van der Waals surface area contributed by atoms with Gasteiger partial charge in [-0.05, 0) is 25.5 Å². The molecule has 0 N–H and O–H groups in total. The van der Waals surface area contributed by atoms with E-state index in [1.165, 1.54) is 18.4 Å². The van der Waals surface area contributed by atoms with Crippen molar-refractivity contribution in [2.45, 2.75) is 19.9 Å². The molecule has 1 aromatic carbocycles. The summed E-state index contributed by atoms with van der Waals surface area (Å²) in [6, 6.07) is 8.87. The second kappa shape index (κ2) is 7.29. The predicted molar refractivity (Wildman–Crippen MR) is 110 cm³/mol. The number of ether oxygens (including phenoxy) is 1. The molecule has 1 unspecified atom stereocenters. The Hall–Kier alpha value is -3.26. The number of esters is 1. The van der Waals surface area contributed by atoms with Gasteiger partial charge in [0.2, 0.25) is 0 Å². The molecule has 0 amide bonds. The van der Waals surface area contributed by atoms with E-state index in [0.717, 1.165) is 16.8 Å². The van der Waals surface area contributed by atoms with E-state index in [0.29, 0.717) is 20.6 Å². The summed E-state index contributed by atoms with van der Waals surface area (Å²) in [5, 5.41) is 4.23. The number of hydrogen-bond donors (Lipinski definition) is 0. The number of benzene rings is 1. The highest BCUT2D eigenvalue weighted by Gasteiger charge is 2.32. The van der Waals surface area contributed by atoms with Gasteiger partial charge in [0.1, 0.15) is 0 Å². The molecule has 0 fully saturated rings. The molecular formula is C21H20N4O3S. The summed E-state index contributed by atoms with van der Waals surface area (Å²) < 4.78 is 8.88. The maximum atomic E-state index is 13.4. The average Bonchev–Trinajstić information content (AvgIpc) is 3.20. The van der Waals surface area contributed by atoms with Gasteiger partial charge in [0.25, 0.3) is 5.56 Å². The van der Waals surface area contributed by atoms with Gasteiger partial charge in [0.15, 0.2) is 4.80 Å². The molecule has 8 heteroatoms. The van der Waals surface area contributed by atoms with Gasteiger partial charge < -0.3 is 4.74 Å². The number of thiazole rings is 1. The first-order valence-corrected chi connectivity index (χ1v) is 9.88. The third kappa shape index (κ3) is 3.15. The van der Waals surface area contributed by atoms with Crippen LogP contribution in [-0.4, -0.2) is 27.4 Å². The molecule has 2 aromatic heterocycles. The second-order valence-electron chi connectivity index (χ2n) is 6.79. The van der Waals surface area contributed by atoms with Crippen LogP contribution in [0.15, 0.2) is 57.6 Å². The van der Waals surface area contributed by atoms with Crippen LogP contribution in [0.2, 0.25) is 0 Å². The molecule has 1 aliphatic heterocycles. The number of nitrogens with zero attached hydrogens (tertiary/aromatic N) is 4. The number of allylic oxidation sites excluding steroid dienone is 1. The summed E-state index contributed by atoms with van der Waals surface area (Å²) in [5.74, 6) is -0.488. The van der Waals surface area contributed by atoms with E-state index in [2.05, 4.69) is 10.1 Å². The lowest BCUT2D eigenvalue weighted by Crippen LogP contribution is -2.39. The molecule has 3 heterocycles. The first-order valence-electron chi connectivity index (χ1n) is 9.06. The Morgan fingerprint density at radius 3 is 2.59 bits per heavy atom. The van der Waals surface area contributed by atoms with Crippen molar-refractivity contribution >= 4 is 23.4 Å². The predicted octanol–water partition coefficient (Wildman–Crippen LogP) is 1.45. The minimum Gasteiger partial charge on any atom is -0.466 e. The van der Waals surface area contributed by atoms with Crippen molar-refractivity contribution in [3.63, 3.8) is 0 Å². The third-order valence-electron chi connectivity index (χ3n) is 5.10. The number of fused-ring (bicyclic) bond motifs is 1. The van der Waals surface area contributed by atoms with E-state index in [-0.39, 0.29) is 5.56 Å². The molecule has 0 saturated heterocycles. The van der Waals surface area contributed by atoms with Crippen molar-refractivity contribution in [3.8, 4) is 0 Å². The minimum absolute atomic E-state index is 0.195. The maximum absolute atomic E-state index is 13.4. The fourth-order valence-corrected chi connectivity index (χ4v) is 4.48. The lowest BCUT2D eigenvalue weighted by Gasteiger charge is -2.24. The minimum atomic E-state index is -0.586. The van der Waals surface area contributed by atoms with E-state index in [4.69, 9.17) is 4.74 Å². The highest BCUT2D eigenvalue weighted by Crippen LogP contribution is 2.30. The van der Waals surface area contributed by atoms with Gasteiger partial charge in [-0.3, -0.25) is 14.0 Å². The molecule has 29 heavy (non-hydrogen) atoms. The molecule has 0 saturated carbocycles. The van der Waals surface area contributed by atoms with Gasteiger partial charge in [-0.15, -0.1) is 0 Å². The van der Waals surface area contributed by atoms with Crippen LogP contribution in [0.25, 0.3) is 6.08 Å². The lowest BCUT2D eigenvalue weighted by molar-refractivity contribution is -0.136. The van der Waals surface area contributed by atoms with Crippen molar-refractivity contribution in [2.75, 3.05) is 7.11 Å². The molecule has 3 aromatic rings. The Balaban J connectivity index is 2.00. The molecule has 0 bridgehead atoms. The Kier molecular flexibility index (Phi) is 4.79. The van der Waals surface area contributed by atoms with E-state index in [1.54, 1.807) is 22.4 Å². The zero-order chi connectivity index (χ0) is 20.7. The first-order chi connectivity index (χ1) is 13.9. The molecule has 1 atom stereocenters. The fourth-order valence-electron chi connectivity index (χ4n) is 3.44.